The fourth-order valence-corrected chi connectivity index (χ4v) is 2.46. The molecule has 0 unspecified atom stereocenters. The van der Waals surface area contributed by atoms with E-state index in [9.17, 15) is 9.59 Å². The van der Waals surface area contributed by atoms with Crippen molar-refractivity contribution in [1.82, 2.24) is 20.0 Å². The molecule has 1 N–H and O–H groups in total. The summed E-state index contributed by atoms with van der Waals surface area (Å²) >= 11 is 0. The number of fused-ring (bicyclic) bond motifs is 1. The van der Waals surface area contributed by atoms with Crippen LogP contribution in [0.25, 0.3) is 10.9 Å². The minimum absolute atomic E-state index is 0.0761. The molecule has 1 aliphatic rings. The maximum Gasteiger partial charge on any atom is 0.276 e. The Kier molecular flexibility index (Phi) is 3.14. The van der Waals surface area contributed by atoms with E-state index in [0.29, 0.717) is 31.9 Å². The third-order valence-electron chi connectivity index (χ3n) is 3.60. The lowest BCUT2D eigenvalue weighted by atomic mass is 10.2. The summed E-state index contributed by atoms with van der Waals surface area (Å²) in [4.78, 5) is 27.5. The molecular formula is C14H16N4O2. The minimum Gasteiger partial charge on any atom is -0.323 e. The van der Waals surface area contributed by atoms with Gasteiger partial charge in [0.2, 0.25) is 5.91 Å². The molecule has 1 saturated heterocycles. The predicted molar refractivity (Wildman–Crippen MR) is 74.0 cm³/mol. The zero-order valence-corrected chi connectivity index (χ0v) is 11.3. The molecular weight excluding hydrogens is 256 g/mol. The smallest absolute Gasteiger partial charge is 0.276 e. The number of H-pyrrole nitrogens is 1. The first-order chi connectivity index (χ1) is 9.70. The van der Waals surface area contributed by atoms with E-state index in [1.54, 1.807) is 9.80 Å². The molecule has 6 nitrogen and oxygen atoms in total. The third kappa shape index (κ3) is 2.03. The Hall–Kier alpha value is -2.37. The first-order valence-corrected chi connectivity index (χ1v) is 6.71. The molecule has 2 aromatic rings. The Balaban J connectivity index is 1.82. The van der Waals surface area contributed by atoms with Crippen LogP contribution in [0, 0.1) is 0 Å². The van der Waals surface area contributed by atoms with Gasteiger partial charge in [0.25, 0.3) is 5.91 Å². The highest BCUT2D eigenvalue weighted by Gasteiger charge is 2.29. The molecule has 0 radical (unpaired) electrons. The minimum atomic E-state index is -0.131. The van der Waals surface area contributed by atoms with Crippen molar-refractivity contribution in [3.05, 3.63) is 30.0 Å². The Morgan fingerprint density at radius 1 is 1.25 bits per heavy atom. The first kappa shape index (κ1) is 12.7. The zero-order valence-electron chi connectivity index (χ0n) is 11.3. The second-order valence-electron chi connectivity index (χ2n) is 4.84. The number of para-hydroxylation sites is 1. The van der Waals surface area contributed by atoms with Crippen LogP contribution in [-0.2, 0) is 4.79 Å². The predicted octanol–water partition coefficient (Wildman–Crippen LogP) is 1.21. The summed E-state index contributed by atoms with van der Waals surface area (Å²) in [5, 5.41) is 7.79. The number of aromatic amines is 1. The molecule has 0 saturated carbocycles. The summed E-state index contributed by atoms with van der Waals surface area (Å²) in [5.41, 5.74) is 1.27. The summed E-state index contributed by atoms with van der Waals surface area (Å²) in [6.45, 7) is 3.34. The number of carbonyl (C=O) groups excluding carboxylic acids is 2. The van der Waals surface area contributed by atoms with Crippen LogP contribution < -0.4 is 0 Å². The van der Waals surface area contributed by atoms with Crippen LogP contribution in [0.2, 0.25) is 0 Å². The lowest BCUT2D eigenvalue weighted by Gasteiger charge is -2.17. The number of benzene rings is 1. The fourth-order valence-electron chi connectivity index (χ4n) is 2.46. The van der Waals surface area contributed by atoms with Gasteiger partial charge in [-0.3, -0.25) is 14.7 Å². The third-order valence-corrected chi connectivity index (χ3v) is 3.60. The molecule has 20 heavy (non-hydrogen) atoms. The van der Waals surface area contributed by atoms with Crippen molar-refractivity contribution in [2.24, 2.45) is 0 Å². The van der Waals surface area contributed by atoms with Gasteiger partial charge >= 0.3 is 0 Å². The van der Waals surface area contributed by atoms with Crippen molar-refractivity contribution in [3.8, 4) is 0 Å². The van der Waals surface area contributed by atoms with Crippen molar-refractivity contribution in [1.29, 1.82) is 0 Å². The quantitative estimate of drug-likeness (QED) is 0.893. The number of rotatable bonds is 2. The molecule has 1 aliphatic heterocycles. The largest absolute Gasteiger partial charge is 0.323 e. The van der Waals surface area contributed by atoms with E-state index in [-0.39, 0.29) is 11.8 Å². The summed E-state index contributed by atoms with van der Waals surface area (Å²) in [6, 6.07) is 7.53. The van der Waals surface area contributed by atoms with E-state index >= 15 is 0 Å². The van der Waals surface area contributed by atoms with Crippen LogP contribution in [0.5, 0.6) is 0 Å². The lowest BCUT2D eigenvalue weighted by Crippen LogP contribution is -2.33. The van der Waals surface area contributed by atoms with E-state index in [1.807, 2.05) is 31.2 Å². The number of aromatic nitrogens is 2. The molecule has 1 fully saturated rings. The molecule has 2 amide bonds. The number of nitrogens with one attached hydrogen (secondary N) is 1. The van der Waals surface area contributed by atoms with Gasteiger partial charge in [-0.05, 0) is 6.07 Å². The molecule has 0 aliphatic carbocycles. The van der Waals surface area contributed by atoms with Gasteiger partial charge in [0.05, 0.1) is 12.2 Å². The van der Waals surface area contributed by atoms with E-state index < -0.39 is 0 Å². The van der Waals surface area contributed by atoms with E-state index in [2.05, 4.69) is 10.2 Å². The highest BCUT2D eigenvalue weighted by Crippen LogP contribution is 2.18. The number of carbonyl (C=O) groups is 2. The monoisotopic (exact) mass is 272 g/mol. The molecule has 0 bridgehead atoms. The maximum absolute atomic E-state index is 12.5. The molecule has 104 valence electrons. The van der Waals surface area contributed by atoms with E-state index in [1.165, 1.54) is 0 Å². The van der Waals surface area contributed by atoms with Crippen molar-refractivity contribution < 1.29 is 9.59 Å². The Labute approximate surface area is 116 Å². The Morgan fingerprint density at radius 2 is 2.00 bits per heavy atom. The number of hydrogen-bond acceptors (Lipinski definition) is 3. The van der Waals surface area contributed by atoms with Gasteiger partial charge in [0.15, 0.2) is 5.69 Å². The van der Waals surface area contributed by atoms with Gasteiger partial charge in [0.1, 0.15) is 0 Å². The second-order valence-corrected chi connectivity index (χ2v) is 4.84. The Morgan fingerprint density at radius 3 is 2.80 bits per heavy atom. The van der Waals surface area contributed by atoms with Crippen LogP contribution in [0.3, 0.4) is 0 Å². The van der Waals surface area contributed by atoms with E-state index in [0.717, 1.165) is 10.9 Å². The summed E-state index contributed by atoms with van der Waals surface area (Å²) in [5.74, 6) is -0.0546. The summed E-state index contributed by atoms with van der Waals surface area (Å²) in [6.07, 6.45) is 0.466. The van der Waals surface area contributed by atoms with Crippen LogP contribution in [0.1, 0.15) is 23.8 Å². The molecule has 1 aromatic heterocycles. The zero-order chi connectivity index (χ0) is 14.1. The maximum atomic E-state index is 12.5. The van der Waals surface area contributed by atoms with Crippen molar-refractivity contribution >= 4 is 22.7 Å². The van der Waals surface area contributed by atoms with Gasteiger partial charge in [-0.25, -0.2) is 0 Å². The average Bonchev–Trinajstić information content (AvgIpc) is 3.12. The van der Waals surface area contributed by atoms with Gasteiger partial charge in [-0.2, -0.15) is 5.10 Å². The van der Waals surface area contributed by atoms with Crippen molar-refractivity contribution in [2.45, 2.75) is 13.3 Å². The fraction of sp³-hybridized carbons (Fsp3) is 0.357. The highest BCUT2D eigenvalue weighted by atomic mass is 16.2. The van der Waals surface area contributed by atoms with Crippen LogP contribution in [0.15, 0.2) is 24.3 Å². The van der Waals surface area contributed by atoms with Gasteiger partial charge in [-0.1, -0.05) is 25.1 Å². The molecule has 3 rings (SSSR count). The van der Waals surface area contributed by atoms with Crippen LogP contribution in [0.4, 0.5) is 0 Å². The van der Waals surface area contributed by atoms with Crippen molar-refractivity contribution in [2.75, 3.05) is 19.8 Å². The van der Waals surface area contributed by atoms with Gasteiger partial charge in [0, 0.05) is 24.9 Å². The molecule has 0 atom stereocenters. The summed E-state index contributed by atoms with van der Waals surface area (Å²) < 4.78 is 0. The number of hydrogen-bond donors (Lipinski definition) is 1. The standard InChI is InChI=1S/C14H16N4O2/c1-2-12(19)17-7-8-18(9-17)14(20)13-10-5-3-4-6-11(10)15-16-13/h3-6H,2,7-9H2,1H3,(H,15,16). The topological polar surface area (TPSA) is 69.3 Å². The van der Waals surface area contributed by atoms with Gasteiger partial charge < -0.3 is 9.80 Å². The summed E-state index contributed by atoms with van der Waals surface area (Å²) in [7, 11) is 0. The highest BCUT2D eigenvalue weighted by molar-refractivity contribution is 6.04. The normalized spacial score (nSPS) is 15.1. The van der Waals surface area contributed by atoms with Crippen LogP contribution in [-0.4, -0.2) is 51.6 Å². The molecule has 2 heterocycles. The van der Waals surface area contributed by atoms with Gasteiger partial charge in [-0.15, -0.1) is 0 Å². The van der Waals surface area contributed by atoms with E-state index in [4.69, 9.17) is 0 Å². The Bertz CT molecular complexity index is 664. The molecule has 6 heteroatoms. The first-order valence-electron chi connectivity index (χ1n) is 6.71. The molecule has 1 aromatic carbocycles. The van der Waals surface area contributed by atoms with Crippen LogP contribution >= 0.6 is 0 Å². The number of nitrogens with zero attached hydrogens (tertiary/aromatic N) is 3. The molecule has 0 spiro atoms. The second kappa shape index (κ2) is 4.96. The van der Waals surface area contributed by atoms with Crippen molar-refractivity contribution in [3.63, 3.8) is 0 Å². The number of amides is 2. The average molecular weight is 272 g/mol. The lowest BCUT2D eigenvalue weighted by molar-refractivity contribution is -0.130. The SMILES string of the molecule is CCC(=O)N1CCN(C(=O)c2n[nH]c3ccccc23)C1.